The first kappa shape index (κ1) is 32.6. The third-order valence-electron chi connectivity index (χ3n) is 14.9. The lowest BCUT2D eigenvalue weighted by Crippen LogP contribution is -2.43. The second-order valence-electron chi connectivity index (χ2n) is 17.8. The van der Waals surface area contributed by atoms with E-state index in [4.69, 9.17) is 0 Å². The first-order chi connectivity index (χ1) is 28.3. The van der Waals surface area contributed by atoms with E-state index in [1.807, 2.05) is 11.3 Å². The Morgan fingerprint density at radius 1 is 0.456 bits per heavy atom. The molecule has 0 N–H and O–H groups in total. The molecule has 4 saturated carbocycles. The van der Waals surface area contributed by atoms with E-state index < -0.39 is 0 Å². The van der Waals surface area contributed by atoms with Gasteiger partial charge in [0.15, 0.2) is 0 Å². The molecule has 0 unspecified atom stereocenters. The van der Waals surface area contributed by atoms with Crippen LogP contribution in [0.25, 0.3) is 91.9 Å². The van der Waals surface area contributed by atoms with Gasteiger partial charge in [0.05, 0.1) is 0 Å². The highest BCUT2D eigenvalue weighted by Crippen LogP contribution is 2.62. The number of allylic oxidation sites excluding steroid dienone is 1. The summed E-state index contributed by atoms with van der Waals surface area (Å²) in [5.41, 5.74) is 12.7. The first-order valence-electron chi connectivity index (χ1n) is 21.5. The van der Waals surface area contributed by atoms with Crippen molar-refractivity contribution >= 4 is 69.9 Å². The van der Waals surface area contributed by atoms with E-state index in [1.54, 1.807) is 5.56 Å². The molecule has 0 amide bonds. The molecule has 0 aliphatic heterocycles. The number of hydrogen-bond donors (Lipinski definition) is 0. The van der Waals surface area contributed by atoms with Crippen molar-refractivity contribution in [3.63, 3.8) is 0 Å². The van der Waals surface area contributed by atoms with E-state index in [0.717, 1.165) is 36.5 Å². The fourth-order valence-electron chi connectivity index (χ4n) is 13.1. The Hall–Kier alpha value is -5.50. The molecule has 4 bridgehead atoms. The third-order valence-corrected chi connectivity index (χ3v) is 16.1. The van der Waals surface area contributed by atoms with Gasteiger partial charge in [0, 0.05) is 25.7 Å². The summed E-state index contributed by atoms with van der Waals surface area (Å²) in [6, 6.07) is 53.5. The summed E-state index contributed by atoms with van der Waals surface area (Å²) >= 11 is 1.98. The van der Waals surface area contributed by atoms with Gasteiger partial charge in [-0.3, -0.25) is 0 Å². The minimum absolute atomic E-state index is 0.671. The summed E-state index contributed by atoms with van der Waals surface area (Å²) in [6.07, 6.45) is 14.2. The minimum Gasteiger partial charge on any atom is -0.135 e. The monoisotopic (exact) mass is 748 g/mol. The largest absolute Gasteiger partial charge is 0.135 e. The van der Waals surface area contributed by atoms with Crippen LogP contribution in [-0.2, 0) is 6.42 Å². The first-order valence-corrected chi connectivity index (χ1v) is 22.3. The normalized spacial score (nSPS) is 22.4. The Morgan fingerprint density at radius 2 is 1.02 bits per heavy atom. The molecule has 0 spiro atoms. The van der Waals surface area contributed by atoms with E-state index in [0.29, 0.717) is 5.92 Å². The zero-order chi connectivity index (χ0) is 37.2. The van der Waals surface area contributed by atoms with Crippen LogP contribution >= 0.6 is 11.3 Å². The van der Waals surface area contributed by atoms with Gasteiger partial charge in [0.1, 0.15) is 0 Å². The zero-order valence-electron chi connectivity index (χ0n) is 32.2. The molecule has 0 radical (unpaired) electrons. The van der Waals surface area contributed by atoms with E-state index >= 15 is 0 Å². The van der Waals surface area contributed by atoms with Crippen LogP contribution in [0.5, 0.6) is 0 Å². The molecule has 14 rings (SSSR count). The van der Waals surface area contributed by atoms with Crippen molar-refractivity contribution < 1.29 is 0 Å². The Kier molecular flexibility index (Phi) is 7.14. The van der Waals surface area contributed by atoms with E-state index in [9.17, 15) is 0 Å². The number of thiophene rings is 1. The standard InChI is InChI=1S/C56H44S/c1-2-14-35(15-3-1)51-38-16-4-6-18-40(38)53(41-19-7-5-17-39(41)51)47-25-12-26-48-54-46(24-13-27-49(54)57-56(47)48)52-42-20-8-10-22-44(42)55(45-23-11-9-21-43(45)52)50-36-29-33-28-34(31-36)32-37(50)30-33/h1-4,6-16,18-27,33-34,36-37,50H,5,17,28-32H2. The van der Waals surface area contributed by atoms with Crippen molar-refractivity contribution in [3.8, 4) is 33.4 Å². The topological polar surface area (TPSA) is 0 Å². The molecule has 0 saturated heterocycles. The lowest BCUT2D eigenvalue weighted by Gasteiger charge is -2.55. The fraction of sp³-hybridized carbons (Fsp3) is 0.214. The van der Waals surface area contributed by atoms with Crippen LogP contribution < -0.4 is 0 Å². The second-order valence-corrected chi connectivity index (χ2v) is 18.8. The van der Waals surface area contributed by atoms with Crippen LogP contribution in [0.15, 0.2) is 146 Å². The molecule has 1 aromatic heterocycles. The van der Waals surface area contributed by atoms with E-state index in [-0.39, 0.29) is 0 Å². The Balaban J connectivity index is 1.08. The quantitative estimate of drug-likeness (QED) is 0.157. The Morgan fingerprint density at radius 3 is 1.70 bits per heavy atom. The van der Waals surface area contributed by atoms with Gasteiger partial charge in [-0.1, -0.05) is 146 Å². The predicted octanol–water partition coefficient (Wildman–Crippen LogP) is 16.0. The van der Waals surface area contributed by atoms with Gasteiger partial charge in [-0.2, -0.15) is 0 Å². The van der Waals surface area contributed by atoms with Crippen molar-refractivity contribution in [3.05, 3.63) is 162 Å². The van der Waals surface area contributed by atoms with Crippen LogP contribution in [-0.4, -0.2) is 0 Å². The zero-order valence-corrected chi connectivity index (χ0v) is 33.0. The van der Waals surface area contributed by atoms with Gasteiger partial charge in [-0.05, 0) is 157 Å². The van der Waals surface area contributed by atoms with Crippen molar-refractivity contribution in [2.24, 2.45) is 23.7 Å². The third kappa shape index (κ3) is 4.73. The van der Waals surface area contributed by atoms with Crippen LogP contribution in [0.1, 0.15) is 61.1 Å². The van der Waals surface area contributed by atoms with Crippen molar-refractivity contribution in [2.75, 3.05) is 0 Å². The van der Waals surface area contributed by atoms with Crippen LogP contribution in [0.2, 0.25) is 0 Å². The van der Waals surface area contributed by atoms with Gasteiger partial charge in [-0.25, -0.2) is 0 Å². The fourth-order valence-corrected chi connectivity index (χ4v) is 14.3. The molecule has 1 heteroatoms. The minimum atomic E-state index is 0.671. The van der Waals surface area contributed by atoms with Crippen LogP contribution in [0.3, 0.4) is 0 Å². The molecule has 57 heavy (non-hydrogen) atoms. The molecule has 274 valence electrons. The molecule has 9 aromatic rings. The lowest BCUT2D eigenvalue weighted by atomic mass is 9.50. The van der Waals surface area contributed by atoms with Crippen LogP contribution in [0, 0.1) is 23.7 Å². The van der Waals surface area contributed by atoms with Gasteiger partial charge >= 0.3 is 0 Å². The number of fused-ring (bicyclic) bond motifs is 7. The average molecular weight is 749 g/mol. The maximum absolute atomic E-state index is 2.47. The molecular formula is C56H44S. The van der Waals surface area contributed by atoms with Gasteiger partial charge in [0.2, 0.25) is 0 Å². The van der Waals surface area contributed by atoms with E-state index in [1.165, 1.54) is 129 Å². The summed E-state index contributed by atoms with van der Waals surface area (Å²) < 4.78 is 2.75. The van der Waals surface area contributed by atoms with Crippen molar-refractivity contribution in [1.82, 2.24) is 0 Å². The maximum atomic E-state index is 2.47. The molecule has 0 nitrogen and oxygen atoms in total. The van der Waals surface area contributed by atoms with Crippen LogP contribution in [0.4, 0.5) is 0 Å². The SMILES string of the molecule is C1=Cc2c(c(-c3ccccc3)c3ccccc3c2-c2cccc3c2sc2cccc(-c4c5ccccc5c(C5C6CC7CC(C6)CC5C7)c5ccccc45)c23)CC1. The summed E-state index contributed by atoms with van der Waals surface area (Å²) in [5.74, 6) is 4.28. The van der Waals surface area contributed by atoms with Crippen molar-refractivity contribution in [2.45, 2.75) is 50.9 Å². The Labute approximate surface area is 338 Å². The molecule has 8 aromatic carbocycles. The highest BCUT2D eigenvalue weighted by atomic mass is 32.1. The van der Waals surface area contributed by atoms with E-state index in [2.05, 4.69) is 152 Å². The average Bonchev–Trinajstić information content (AvgIpc) is 3.65. The predicted molar refractivity (Wildman–Crippen MR) is 245 cm³/mol. The van der Waals surface area contributed by atoms with Crippen molar-refractivity contribution in [1.29, 1.82) is 0 Å². The van der Waals surface area contributed by atoms with Gasteiger partial charge in [0.25, 0.3) is 0 Å². The summed E-state index contributed by atoms with van der Waals surface area (Å²) in [5, 5.41) is 11.3. The molecule has 0 atom stereocenters. The molecule has 5 aliphatic rings. The Bertz CT molecular complexity index is 3050. The molecule has 5 aliphatic carbocycles. The highest BCUT2D eigenvalue weighted by Gasteiger charge is 2.49. The molecule has 1 heterocycles. The summed E-state index contributed by atoms with van der Waals surface area (Å²) in [7, 11) is 0. The van der Waals surface area contributed by atoms with Gasteiger partial charge < -0.3 is 0 Å². The smallest absolute Gasteiger partial charge is 0.0434 e. The number of benzene rings is 8. The molecule has 4 fully saturated rings. The highest BCUT2D eigenvalue weighted by molar-refractivity contribution is 7.26. The maximum Gasteiger partial charge on any atom is 0.0434 e. The summed E-state index contributed by atoms with van der Waals surface area (Å²) in [4.78, 5) is 0. The molecular weight excluding hydrogens is 705 g/mol. The lowest BCUT2D eigenvalue weighted by molar-refractivity contribution is -0.00185. The number of hydrogen-bond acceptors (Lipinski definition) is 1. The number of rotatable bonds is 4. The summed E-state index contributed by atoms with van der Waals surface area (Å²) in [6.45, 7) is 0. The second kappa shape index (κ2) is 12.5. The van der Waals surface area contributed by atoms with Gasteiger partial charge in [-0.15, -0.1) is 11.3 Å².